The number of aromatic nitrogens is 1. The van der Waals surface area contributed by atoms with Crippen molar-refractivity contribution in [2.45, 2.75) is 30.3 Å². The quantitative estimate of drug-likeness (QED) is 0.597. The van der Waals surface area contributed by atoms with Crippen LogP contribution in [-0.2, 0) is 6.54 Å². The Hall–Kier alpha value is -1.52. The molecule has 1 heterocycles. The third-order valence-corrected chi connectivity index (χ3v) is 4.29. The number of pyridine rings is 1. The lowest BCUT2D eigenvalue weighted by Crippen LogP contribution is -2.16. The van der Waals surface area contributed by atoms with Crippen LogP contribution < -0.4 is 10.1 Å². The molecule has 0 saturated heterocycles. The van der Waals surface area contributed by atoms with Crippen LogP contribution in [0.25, 0.3) is 0 Å². The van der Waals surface area contributed by atoms with Gasteiger partial charge in [-0.1, -0.05) is 18.2 Å². The van der Waals surface area contributed by atoms with Crippen molar-refractivity contribution in [3.63, 3.8) is 0 Å². The molecule has 1 aliphatic rings. The Morgan fingerprint density at radius 2 is 2.00 bits per heavy atom. The van der Waals surface area contributed by atoms with Crippen molar-refractivity contribution in [2.24, 2.45) is 0 Å². The van der Waals surface area contributed by atoms with Crippen molar-refractivity contribution in [2.75, 3.05) is 12.4 Å². The Morgan fingerprint density at radius 3 is 2.71 bits per heavy atom. The van der Waals surface area contributed by atoms with Gasteiger partial charge in [0.15, 0.2) is 0 Å². The van der Waals surface area contributed by atoms with E-state index in [0.717, 1.165) is 29.8 Å². The van der Waals surface area contributed by atoms with Gasteiger partial charge in [-0.3, -0.25) is 4.98 Å². The van der Waals surface area contributed by atoms with Crippen LogP contribution in [0.5, 0.6) is 5.75 Å². The molecule has 0 bridgehead atoms. The van der Waals surface area contributed by atoms with Crippen molar-refractivity contribution in [1.82, 2.24) is 10.3 Å². The van der Waals surface area contributed by atoms with Gasteiger partial charge in [0.25, 0.3) is 0 Å². The average Bonchev–Trinajstić information content (AvgIpc) is 3.36. The molecule has 1 fully saturated rings. The topological polar surface area (TPSA) is 34.1 Å². The molecule has 1 aliphatic carbocycles. The molecule has 0 amide bonds. The predicted octanol–water partition coefficient (Wildman–Crippen LogP) is 3.50. The fourth-order valence-electron chi connectivity index (χ4n) is 1.97. The Labute approximate surface area is 130 Å². The summed E-state index contributed by atoms with van der Waals surface area (Å²) >= 11 is 1.81. The molecular formula is C17H20N2OS. The molecule has 0 unspecified atom stereocenters. The minimum atomic E-state index is 0.695. The molecule has 110 valence electrons. The Morgan fingerprint density at radius 1 is 1.14 bits per heavy atom. The molecule has 3 rings (SSSR count). The van der Waals surface area contributed by atoms with Gasteiger partial charge in [-0.15, -0.1) is 11.8 Å². The summed E-state index contributed by atoms with van der Waals surface area (Å²) in [6.07, 6.45) is 4.43. The van der Waals surface area contributed by atoms with E-state index in [0.29, 0.717) is 6.61 Å². The standard InChI is InChI=1S/C17H20N2OS/c1-2-4-17(5-3-1)21-11-10-20-16-9-8-15(19-13-16)12-18-14-6-7-14/h1-5,8-9,13-14,18H,6-7,10-12H2. The van der Waals surface area contributed by atoms with Crippen LogP contribution in [-0.4, -0.2) is 23.4 Å². The predicted molar refractivity (Wildman–Crippen MR) is 86.8 cm³/mol. The van der Waals surface area contributed by atoms with Crippen molar-refractivity contribution in [1.29, 1.82) is 0 Å². The molecule has 0 atom stereocenters. The Balaban J connectivity index is 1.36. The number of thioether (sulfide) groups is 1. The second-order valence-electron chi connectivity index (χ2n) is 5.15. The summed E-state index contributed by atoms with van der Waals surface area (Å²) in [7, 11) is 0. The van der Waals surface area contributed by atoms with Gasteiger partial charge in [-0.05, 0) is 37.1 Å². The molecule has 1 aromatic heterocycles. The number of hydrogen-bond donors (Lipinski definition) is 1. The van der Waals surface area contributed by atoms with E-state index in [9.17, 15) is 0 Å². The summed E-state index contributed by atoms with van der Waals surface area (Å²) in [4.78, 5) is 5.70. The van der Waals surface area contributed by atoms with Gasteiger partial charge in [-0.2, -0.15) is 0 Å². The smallest absolute Gasteiger partial charge is 0.137 e. The molecule has 1 N–H and O–H groups in total. The van der Waals surface area contributed by atoms with Gasteiger partial charge in [0.05, 0.1) is 18.5 Å². The summed E-state index contributed by atoms with van der Waals surface area (Å²) in [5, 5.41) is 3.46. The maximum absolute atomic E-state index is 5.72. The van der Waals surface area contributed by atoms with Gasteiger partial charge < -0.3 is 10.1 Å². The lowest BCUT2D eigenvalue weighted by atomic mass is 10.3. The van der Waals surface area contributed by atoms with Crippen molar-refractivity contribution < 1.29 is 4.74 Å². The number of nitrogens with one attached hydrogen (secondary N) is 1. The SMILES string of the molecule is c1ccc(SCCOc2ccc(CNC3CC3)nc2)cc1. The zero-order chi connectivity index (χ0) is 14.3. The number of hydrogen-bond acceptors (Lipinski definition) is 4. The second kappa shape index (κ2) is 7.48. The van der Waals surface area contributed by atoms with Gasteiger partial charge >= 0.3 is 0 Å². The average molecular weight is 300 g/mol. The van der Waals surface area contributed by atoms with E-state index in [4.69, 9.17) is 4.74 Å². The summed E-state index contributed by atoms with van der Waals surface area (Å²) in [5.41, 5.74) is 1.08. The third-order valence-electron chi connectivity index (χ3n) is 3.31. The van der Waals surface area contributed by atoms with Crippen LogP contribution in [0.1, 0.15) is 18.5 Å². The molecule has 1 saturated carbocycles. The number of nitrogens with zero attached hydrogens (tertiary/aromatic N) is 1. The molecule has 3 nitrogen and oxygen atoms in total. The second-order valence-corrected chi connectivity index (χ2v) is 6.32. The van der Waals surface area contributed by atoms with Crippen LogP contribution in [0, 0.1) is 0 Å². The fraction of sp³-hybridized carbons (Fsp3) is 0.353. The summed E-state index contributed by atoms with van der Waals surface area (Å²) < 4.78 is 5.72. The molecule has 1 aromatic carbocycles. The van der Waals surface area contributed by atoms with E-state index in [1.165, 1.54) is 17.7 Å². The molecule has 0 aliphatic heterocycles. The van der Waals surface area contributed by atoms with E-state index in [2.05, 4.69) is 34.6 Å². The largest absolute Gasteiger partial charge is 0.491 e. The Kier molecular flexibility index (Phi) is 5.13. The van der Waals surface area contributed by atoms with Crippen LogP contribution >= 0.6 is 11.8 Å². The lowest BCUT2D eigenvalue weighted by molar-refractivity contribution is 0.342. The minimum absolute atomic E-state index is 0.695. The summed E-state index contributed by atoms with van der Waals surface area (Å²) in [6, 6.07) is 15.1. The van der Waals surface area contributed by atoms with Crippen LogP contribution in [0.15, 0.2) is 53.6 Å². The van der Waals surface area contributed by atoms with Gasteiger partial charge in [0, 0.05) is 23.2 Å². The summed E-state index contributed by atoms with van der Waals surface area (Å²) in [6.45, 7) is 1.55. The minimum Gasteiger partial charge on any atom is -0.491 e. The third kappa shape index (κ3) is 5.06. The number of ether oxygens (including phenoxy) is 1. The highest BCUT2D eigenvalue weighted by Crippen LogP contribution is 2.19. The van der Waals surface area contributed by atoms with E-state index >= 15 is 0 Å². The first-order chi connectivity index (χ1) is 10.4. The Bertz CT molecular complexity index is 540. The molecule has 0 radical (unpaired) electrons. The number of rotatable bonds is 8. The lowest BCUT2D eigenvalue weighted by Gasteiger charge is -2.07. The van der Waals surface area contributed by atoms with E-state index in [1.807, 2.05) is 24.4 Å². The van der Waals surface area contributed by atoms with Crippen LogP contribution in [0.2, 0.25) is 0 Å². The van der Waals surface area contributed by atoms with Gasteiger partial charge in [-0.25, -0.2) is 0 Å². The number of benzene rings is 1. The van der Waals surface area contributed by atoms with Gasteiger partial charge in [0.2, 0.25) is 0 Å². The first-order valence-corrected chi connectivity index (χ1v) is 8.38. The first-order valence-electron chi connectivity index (χ1n) is 7.39. The van der Waals surface area contributed by atoms with Crippen molar-refractivity contribution >= 4 is 11.8 Å². The molecule has 21 heavy (non-hydrogen) atoms. The maximum atomic E-state index is 5.72. The van der Waals surface area contributed by atoms with Crippen molar-refractivity contribution in [3.8, 4) is 5.75 Å². The fourth-order valence-corrected chi connectivity index (χ4v) is 2.72. The van der Waals surface area contributed by atoms with E-state index in [1.54, 1.807) is 11.8 Å². The molecular weight excluding hydrogens is 280 g/mol. The van der Waals surface area contributed by atoms with E-state index in [-0.39, 0.29) is 0 Å². The normalized spacial score (nSPS) is 14.1. The zero-order valence-corrected chi connectivity index (χ0v) is 12.8. The highest BCUT2D eigenvalue weighted by molar-refractivity contribution is 7.99. The van der Waals surface area contributed by atoms with Crippen LogP contribution in [0.4, 0.5) is 0 Å². The summed E-state index contributed by atoms with van der Waals surface area (Å²) in [5.74, 6) is 1.79. The first kappa shape index (κ1) is 14.4. The van der Waals surface area contributed by atoms with E-state index < -0.39 is 0 Å². The zero-order valence-electron chi connectivity index (χ0n) is 12.0. The van der Waals surface area contributed by atoms with Crippen LogP contribution in [0.3, 0.4) is 0 Å². The molecule has 4 heteroatoms. The molecule has 0 spiro atoms. The monoisotopic (exact) mass is 300 g/mol. The van der Waals surface area contributed by atoms with Crippen molar-refractivity contribution in [3.05, 3.63) is 54.4 Å². The maximum Gasteiger partial charge on any atom is 0.137 e. The van der Waals surface area contributed by atoms with Gasteiger partial charge in [0.1, 0.15) is 5.75 Å². The highest BCUT2D eigenvalue weighted by atomic mass is 32.2. The highest BCUT2D eigenvalue weighted by Gasteiger charge is 2.19. The molecule has 2 aromatic rings.